The second-order valence-corrected chi connectivity index (χ2v) is 2.46. The van der Waals surface area contributed by atoms with E-state index in [1.54, 1.807) is 24.5 Å². The molecular weight excluding hydrogens is 149 g/mol. The number of nitrogens with zero attached hydrogens (tertiary/aromatic N) is 1. The molecule has 1 atom stereocenters. The van der Waals surface area contributed by atoms with Crippen LogP contribution in [0.4, 0.5) is 0 Å². The molecule has 0 aromatic carbocycles. The van der Waals surface area contributed by atoms with Crippen LogP contribution in [-0.4, -0.2) is 10.1 Å². The Bertz CT molecular complexity index is 214. The van der Waals surface area contributed by atoms with E-state index in [-0.39, 0.29) is 8.46 Å². The van der Waals surface area contributed by atoms with Gasteiger partial charge in [0.1, 0.15) is 0 Å². The van der Waals surface area contributed by atoms with Gasteiger partial charge >= 0.3 is 0 Å². The lowest BCUT2D eigenvalue weighted by atomic mass is 10.3. The Morgan fingerprint density at radius 1 is 1.50 bits per heavy atom. The summed E-state index contributed by atoms with van der Waals surface area (Å²) >= 11 is 0. The Morgan fingerprint density at radius 3 is 2.60 bits per heavy atom. The SMILES string of the molecule is O=PC(O)c1ccncc1. The Morgan fingerprint density at radius 2 is 2.10 bits per heavy atom. The Hall–Kier alpha value is -0.790. The highest BCUT2D eigenvalue weighted by Gasteiger charge is 2.03. The summed E-state index contributed by atoms with van der Waals surface area (Å²) in [4.78, 5) is 3.75. The maximum absolute atomic E-state index is 10.1. The summed E-state index contributed by atoms with van der Waals surface area (Å²) in [5.74, 6) is -0.914. The number of rotatable bonds is 2. The zero-order valence-corrected chi connectivity index (χ0v) is 6.03. The molecule has 0 saturated carbocycles. The number of hydrogen-bond donors (Lipinski definition) is 1. The molecule has 0 aliphatic rings. The van der Waals surface area contributed by atoms with Crippen molar-refractivity contribution in [3.8, 4) is 0 Å². The first kappa shape index (κ1) is 7.32. The van der Waals surface area contributed by atoms with Crippen LogP contribution in [0.1, 0.15) is 11.4 Å². The van der Waals surface area contributed by atoms with Crippen molar-refractivity contribution in [1.29, 1.82) is 0 Å². The van der Waals surface area contributed by atoms with Crippen LogP contribution >= 0.6 is 8.46 Å². The first-order chi connectivity index (χ1) is 4.84. The first-order valence-electron chi connectivity index (χ1n) is 2.75. The zero-order valence-electron chi connectivity index (χ0n) is 5.14. The minimum Gasteiger partial charge on any atom is -0.376 e. The van der Waals surface area contributed by atoms with Crippen molar-refractivity contribution in [2.75, 3.05) is 0 Å². The number of aliphatic hydroxyl groups excluding tert-OH is 1. The van der Waals surface area contributed by atoms with Crippen molar-refractivity contribution >= 4 is 8.46 Å². The topological polar surface area (TPSA) is 50.2 Å². The van der Waals surface area contributed by atoms with E-state index in [0.717, 1.165) is 0 Å². The van der Waals surface area contributed by atoms with Crippen molar-refractivity contribution in [3.05, 3.63) is 30.1 Å². The Kier molecular flexibility index (Phi) is 2.49. The van der Waals surface area contributed by atoms with Crippen molar-refractivity contribution in [2.24, 2.45) is 0 Å². The predicted molar refractivity (Wildman–Crippen MR) is 36.8 cm³/mol. The summed E-state index contributed by atoms with van der Waals surface area (Å²) in [6.45, 7) is 0. The molecule has 0 saturated heterocycles. The predicted octanol–water partition coefficient (Wildman–Crippen LogP) is 1.36. The molecule has 0 fully saturated rings. The summed E-state index contributed by atoms with van der Waals surface area (Å²) in [5.41, 5.74) is 0.617. The van der Waals surface area contributed by atoms with Crippen LogP contribution in [0.2, 0.25) is 0 Å². The molecule has 1 rings (SSSR count). The van der Waals surface area contributed by atoms with Gasteiger partial charge in [0.25, 0.3) is 0 Å². The van der Waals surface area contributed by atoms with Gasteiger partial charge in [-0.3, -0.25) is 9.55 Å². The van der Waals surface area contributed by atoms with E-state index >= 15 is 0 Å². The molecule has 10 heavy (non-hydrogen) atoms. The largest absolute Gasteiger partial charge is 0.376 e. The fourth-order valence-electron chi connectivity index (χ4n) is 0.596. The average molecular weight is 155 g/mol. The zero-order chi connectivity index (χ0) is 7.40. The molecule has 1 aromatic heterocycles. The van der Waals surface area contributed by atoms with Crippen molar-refractivity contribution in [1.82, 2.24) is 4.98 Å². The second-order valence-electron chi connectivity index (χ2n) is 1.76. The van der Waals surface area contributed by atoms with Gasteiger partial charge in [-0.15, -0.1) is 0 Å². The van der Waals surface area contributed by atoms with Crippen LogP contribution in [0, 0.1) is 0 Å². The molecule has 3 nitrogen and oxygen atoms in total. The molecule has 0 aliphatic carbocycles. The van der Waals surface area contributed by atoms with E-state index in [0.29, 0.717) is 5.56 Å². The van der Waals surface area contributed by atoms with Crippen molar-refractivity contribution < 1.29 is 9.67 Å². The van der Waals surface area contributed by atoms with Crippen LogP contribution < -0.4 is 0 Å². The minimum atomic E-state index is -0.914. The average Bonchev–Trinajstić information content (AvgIpc) is 2.05. The van der Waals surface area contributed by atoms with Crippen molar-refractivity contribution in [2.45, 2.75) is 5.85 Å². The van der Waals surface area contributed by atoms with E-state index in [2.05, 4.69) is 4.98 Å². The molecule has 52 valence electrons. The van der Waals surface area contributed by atoms with Gasteiger partial charge in [0, 0.05) is 12.4 Å². The standard InChI is InChI=1S/C6H6NO2P/c8-6(10-9)5-1-3-7-4-2-5/h1-4,6,8H. The third kappa shape index (κ3) is 1.59. The molecule has 1 unspecified atom stereocenters. The van der Waals surface area contributed by atoms with Gasteiger partial charge in [0.2, 0.25) is 0 Å². The van der Waals surface area contributed by atoms with E-state index in [1.807, 2.05) is 0 Å². The number of aromatic nitrogens is 1. The summed E-state index contributed by atoms with van der Waals surface area (Å²) in [6, 6.07) is 3.24. The van der Waals surface area contributed by atoms with E-state index in [1.165, 1.54) is 0 Å². The highest BCUT2D eigenvalue weighted by atomic mass is 31.1. The van der Waals surface area contributed by atoms with Gasteiger partial charge in [-0.1, -0.05) is 0 Å². The number of hydrogen-bond acceptors (Lipinski definition) is 3. The molecular formula is C6H6NO2P. The van der Waals surface area contributed by atoms with E-state index in [9.17, 15) is 4.57 Å². The molecule has 0 amide bonds. The smallest absolute Gasteiger partial charge is 0.192 e. The van der Waals surface area contributed by atoms with Crippen LogP contribution in [0.3, 0.4) is 0 Å². The number of aliphatic hydroxyl groups is 1. The molecule has 0 bridgehead atoms. The third-order valence-corrected chi connectivity index (χ3v) is 1.60. The maximum atomic E-state index is 10.1. The van der Waals surface area contributed by atoms with Crippen LogP contribution in [0.15, 0.2) is 24.5 Å². The maximum Gasteiger partial charge on any atom is 0.192 e. The van der Waals surface area contributed by atoms with Gasteiger partial charge in [-0.25, -0.2) is 0 Å². The molecule has 1 heterocycles. The monoisotopic (exact) mass is 155 g/mol. The summed E-state index contributed by atoms with van der Waals surface area (Å²) in [6.07, 6.45) is 3.09. The molecule has 1 aromatic rings. The quantitative estimate of drug-likeness (QED) is 0.656. The normalized spacial score (nSPS) is 13.3. The third-order valence-electron chi connectivity index (χ3n) is 1.10. The highest BCUT2D eigenvalue weighted by Crippen LogP contribution is 2.21. The number of pyridine rings is 1. The second kappa shape index (κ2) is 3.40. The van der Waals surface area contributed by atoms with E-state index in [4.69, 9.17) is 5.11 Å². The Labute approximate surface area is 59.9 Å². The summed E-state index contributed by atoms with van der Waals surface area (Å²) in [5, 5.41) is 8.98. The molecule has 1 N–H and O–H groups in total. The summed E-state index contributed by atoms with van der Waals surface area (Å²) < 4.78 is 10.1. The van der Waals surface area contributed by atoms with Crippen LogP contribution in [-0.2, 0) is 4.57 Å². The lowest BCUT2D eigenvalue weighted by Crippen LogP contribution is -1.86. The molecule has 0 spiro atoms. The fourth-order valence-corrected chi connectivity index (χ4v) is 0.890. The van der Waals surface area contributed by atoms with Gasteiger partial charge < -0.3 is 5.11 Å². The van der Waals surface area contributed by atoms with Gasteiger partial charge in [-0.2, -0.15) is 0 Å². The van der Waals surface area contributed by atoms with E-state index < -0.39 is 5.85 Å². The lowest BCUT2D eigenvalue weighted by Gasteiger charge is -1.98. The minimum absolute atomic E-state index is 0.279. The molecule has 4 heteroatoms. The fraction of sp³-hybridized carbons (Fsp3) is 0.167. The van der Waals surface area contributed by atoms with Crippen LogP contribution in [0.25, 0.3) is 0 Å². The lowest BCUT2D eigenvalue weighted by molar-refractivity contribution is 0.262. The van der Waals surface area contributed by atoms with Gasteiger partial charge in [0.15, 0.2) is 14.3 Å². The molecule has 0 radical (unpaired) electrons. The Balaban J connectivity index is 2.84. The first-order valence-corrected chi connectivity index (χ1v) is 3.63. The van der Waals surface area contributed by atoms with Gasteiger partial charge in [0.05, 0.1) is 0 Å². The van der Waals surface area contributed by atoms with Crippen LogP contribution in [0.5, 0.6) is 0 Å². The molecule has 0 aliphatic heterocycles. The van der Waals surface area contributed by atoms with Gasteiger partial charge in [-0.05, 0) is 17.7 Å². The highest BCUT2D eigenvalue weighted by molar-refractivity contribution is 7.23. The summed E-state index contributed by atoms with van der Waals surface area (Å²) in [7, 11) is -0.279. The van der Waals surface area contributed by atoms with Crippen molar-refractivity contribution in [3.63, 3.8) is 0 Å².